The van der Waals surface area contributed by atoms with Crippen molar-refractivity contribution in [3.05, 3.63) is 29.6 Å². The van der Waals surface area contributed by atoms with E-state index in [0.29, 0.717) is 29.8 Å². The first-order valence-corrected chi connectivity index (χ1v) is 7.16. The number of rotatable bonds is 4. The molecule has 1 aromatic rings. The van der Waals surface area contributed by atoms with Crippen molar-refractivity contribution in [3.8, 4) is 5.75 Å². The number of hydrogen-bond donors (Lipinski definition) is 1. The molecule has 3 atom stereocenters. The Hall–Kier alpha value is -1.09. The summed E-state index contributed by atoms with van der Waals surface area (Å²) in [5.74, 6) is 1.88. The molecule has 3 heteroatoms. The number of methoxy groups -OCH3 is 1. The number of halogens is 1. The largest absolute Gasteiger partial charge is 0.497 e. The van der Waals surface area contributed by atoms with Gasteiger partial charge in [0, 0.05) is 24.2 Å². The monoisotopic (exact) mass is 265 g/mol. The van der Waals surface area contributed by atoms with E-state index in [2.05, 4.69) is 19.2 Å². The van der Waals surface area contributed by atoms with Crippen LogP contribution >= 0.6 is 0 Å². The third-order valence-corrected chi connectivity index (χ3v) is 4.25. The molecule has 19 heavy (non-hydrogen) atoms. The summed E-state index contributed by atoms with van der Waals surface area (Å²) in [6.45, 7) is 5.20. The Morgan fingerprint density at radius 3 is 2.74 bits per heavy atom. The highest BCUT2D eigenvalue weighted by Gasteiger charge is 2.24. The van der Waals surface area contributed by atoms with Gasteiger partial charge in [0.05, 0.1) is 7.11 Å². The predicted octanol–water partition coefficient (Wildman–Crippen LogP) is 3.75. The zero-order valence-electron chi connectivity index (χ0n) is 12.1. The maximum Gasteiger partial charge on any atom is 0.131 e. The Bertz CT molecular complexity index is 421. The molecular formula is C16H24FNO. The third kappa shape index (κ3) is 3.69. The summed E-state index contributed by atoms with van der Waals surface area (Å²) in [6.07, 6.45) is 3.73. The van der Waals surface area contributed by atoms with Gasteiger partial charge in [-0.2, -0.15) is 0 Å². The second-order valence-electron chi connectivity index (χ2n) is 5.84. The van der Waals surface area contributed by atoms with Gasteiger partial charge in [0.1, 0.15) is 11.6 Å². The molecule has 1 aliphatic rings. The average Bonchev–Trinajstić information content (AvgIpc) is 2.39. The van der Waals surface area contributed by atoms with E-state index in [4.69, 9.17) is 4.74 Å². The van der Waals surface area contributed by atoms with Crippen molar-refractivity contribution in [2.24, 2.45) is 11.8 Å². The Balaban J connectivity index is 1.91. The Kier molecular flexibility index (Phi) is 4.81. The molecule has 1 aromatic carbocycles. The van der Waals surface area contributed by atoms with E-state index in [9.17, 15) is 4.39 Å². The summed E-state index contributed by atoms with van der Waals surface area (Å²) >= 11 is 0. The Labute approximate surface area is 115 Å². The molecular weight excluding hydrogens is 241 g/mol. The fourth-order valence-electron chi connectivity index (χ4n) is 3.01. The van der Waals surface area contributed by atoms with Gasteiger partial charge < -0.3 is 10.1 Å². The van der Waals surface area contributed by atoms with E-state index >= 15 is 0 Å². The zero-order chi connectivity index (χ0) is 13.8. The first-order chi connectivity index (χ1) is 9.10. The minimum Gasteiger partial charge on any atom is -0.497 e. The van der Waals surface area contributed by atoms with Crippen LogP contribution in [0, 0.1) is 17.7 Å². The molecule has 2 nitrogen and oxygen atoms in total. The van der Waals surface area contributed by atoms with E-state index in [1.807, 2.05) is 6.07 Å². The van der Waals surface area contributed by atoms with Crippen LogP contribution in [0.25, 0.3) is 0 Å². The molecule has 1 N–H and O–H groups in total. The zero-order valence-corrected chi connectivity index (χ0v) is 12.1. The van der Waals surface area contributed by atoms with Crippen LogP contribution in [0.4, 0.5) is 4.39 Å². The normalized spacial score (nSPS) is 27.3. The van der Waals surface area contributed by atoms with Crippen LogP contribution in [0.3, 0.4) is 0 Å². The molecule has 1 saturated carbocycles. The minimum absolute atomic E-state index is 0.191. The maximum atomic E-state index is 13.8. The van der Waals surface area contributed by atoms with Crippen molar-refractivity contribution >= 4 is 0 Å². The van der Waals surface area contributed by atoms with Crippen LogP contribution < -0.4 is 10.1 Å². The highest BCUT2D eigenvalue weighted by molar-refractivity contribution is 5.28. The first-order valence-electron chi connectivity index (χ1n) is 7.16. The molecule has 0 spiro atoms. The molecule has 0 bridgehead atoms. The smallest absolute Gasteiger partial charge is 0.131 e. The SMILES string of the molecule is COc1ccc(CNC2CCC(C)CC2C)c(F)c1. The summed E-state index contributed by atoms with van der Waals surface area (Å²) in [6, 6.07) is 5.57. The van der Waals surface area contributed by atoms with Gasteiger partial charge in [-0.3, -0.25) is 0 Å². The first kappa shape index (κ1) is 14.3. The lowest BCUT2D eigenvalue weighted by Gasteiger charge is -2.33. The van der Waals surface area contributed by atoms with Crippen LogP contribution in [0.1, 0.15) is 38.7 Å². The van der Waals surface area contributed by atoms with E-state index in [1.165, 1.54) is 25.3 Å². The van der Waals surface area contributed by atoms with Crippen molar-refractivity contribution < 1.29 is 9.13 Å². The molecule has 0 heterocycles. The van der Waals surface area contributed by atoms with E-state index in [1.54, 1.807) is 13.2 Å². The molecule has 0 saturated heterocycles. The van der Waals surface area contributed by atoms with Gasteiger partial charge in [0.2, 0.25) is 0 Å². The molecule has 1 fully saturated rings. The van der Waals surface area contributed by atoms with Crippen LogP contribution in [0.5, 0.6) is 5.75 Å². The number of hydrogen-bond acceptors (Lipinski definition) is 2. The van der Waals surface area contributed by atoms with Crippen molar-refractivity contribution in [1.29, 1.82) is 0 Å². The molecule has 0 aliphatic heterocycles. The average molecular weight is 265 g/mol. The van der Waals surface area contributed by atoms with Crippen molar-refractivity contribution in [2.45, 2.75) is 45.7 Å². The molecule has 3 unspecified atom stereocenters. The number of nitrogens with one attached hydrogen (secondary N) is 1. The molecule has 0 aromatic heterocycles. The highest BCUT2D eigenvalue weighted by atomic mass is 19.1. The summed E-state index contributed by atoms with van der Waals surface area (Å²) in [5.41, 5.74) is 0.714. The topological polar surface area (TPSA) is 21.3 Å². The van der Waals surface area contributed by atoms with Crippen LogP contribution in [-0.4, -0.2) is 13.2 Å². The molecule has 0 amide bonds. The van der Waals surface area contributed by atoms with Crippen molar-refractivity contribution in [3.63, 3.8) is 0 Å². The van der Waals surface area contributed by atoms with Gasteiger partial charge in [0.15, 0.2) is 0 Å². The van der Waals surface area contributed by atoms with Gasteiger partial charge >= 0.3 is 0 Å². The predicted molar refractivity (Wildman–Crippen MR) is 75.8 cm³/mol. The highest BCUT2D eigenvalue weighted by Crippen LogP contribution is 2.29. The lowest BCUT2D eigenvalue weighted by molar-refractivity contribution is 0.226. The maximum absolute atomic E-state index is 13.8. The fourth-order valence-corrected chi connectivity index (χ4v) is 3.01. The lowest BCUT2D eigenvalue weighted by Crippen LogP contribution is -2.38. The summed E-state index contributed by atoms with van der Waals surface area (Å²) in [4.78, 5) is 0. The fraction of sp³-hybridized carbons (Fsp3) is 0.625. The molecule has 1 aliphatic carbocycles. The molecule has 0 radical (unpaired) electrons. The van der Waals surface area contributed by atoms with Gasteiger partial charge in [-0.15, -0.1) is 0 Å². The van der Waals surface area contributed by atoms with Crippen molar-refractivity contribution in [1.82, 2.24) is 5.32 Å². The van der Waals surface area contributed by atoms with E-state index in [0.717, 1.165) is 5.92 Å². The molecule has 106 valence electrons. The quantitative estimate of drug-likeness (QED) is 0.895. The van der Waals surface area contributed by atoms with E-state index < -0.39 is 0 Å². The summed E-state index contributed by atoms with van der Waals surface area (Å²) in [5, 5.41) is 3.51. The van der Waals surface area contributed by atoms with Gasteiger partial charge in [-0.25, -0.2) is 4.39 Å². The number of benzene rings is 1. The standard InChI is InChI=1S/C16H24FNO/c1-11-4-7-16(12(2)8-11)18-10-13-5-6-14(19-3)9-15(13)17/h5-6,9,11-12,16,18H,4,7-8,10H2,1-3H3. The second-order valence-corrected chi connectivity index (χ2v) is 5.84. The second kappa shape index (κ2) is 6.38. The minimum atomic E-state index is -0.191. The van der Waals surface area contributed by atoms with Crippen LogP contribution in [0.15, 0.2) is 18.2 Å². The number of ether oxygens (including phenoxy) is 1. The molecule has 2 rings (SSSR count). The van der Waals surface area contributed by atoms with Gasteiger partial charge in [-0.05, 0) is 37.2 Å². The van der Waals surface area contributed by atoms with Crippen LogP contribution in [0.2, 0.25) is 0 Å². The van der Waals surface area contributed by atoms with Gasteiger partial charge in [0.25, 0.3) is 0 Å². The summed E-state index contributed by atoms with van der Waals surface area (Å²) < 4.78 is 18.8. The van der Waals surface area contributed by atoms with Gasteiger partial charge in [-0.1, -0.05) is 19.9 Å². The Morgan fingerprint density at radius 1 is 1.32 bits per heavy atom. The van der Waals surface area contributed by atoms with E-state index in [-0.39, 0.29) is 5.82 Å². The summed E-state index contributed by atoms with van der Waals surface area (Å²) in [7, 11) is 1.55. The Morgan fingerprint density at radius 2 is 2.11 bits per heavy atom. The van der Waals surface area contributed by atoms with Crippen molar-refractivity contribution in [2.75, 3.05) is 7.11 Å². The van der Waals surface area contributed by atoms with Crippen LogP contribution in [-0.2, 0) is 6.54 Å². The lowest BCUT2D eigenvalue weighted by atomic mass is 9.80. The third-order valence-electron chi connectivity index (χ3n) is 4.25.